The predicted molar refractivity (Wildman–Crippen MR) is 92.0 cm³/mol. The van der Waals surface area contributed by atoms with Crippen LogP contribution in [0.15, 0.2) is 12.1 Å². The summed E-state index contributed by atoms with van der Waals surface area (Å²) >= 11 is 1.36. The Kier molecular flexibility index (Phi) is 6.78. The summed E-state index contributed by atoms with van der Waals surface area (Å²) in [6, 6.07) is 3.73. The minimum Gasteiger partial charge on any atom is -0.451 e. The molecule has 6 nitrogen and oxygen atoms in total. The van der Waals surface area contributed by atoms with Gasteiger partial charge in [0.15, 0.2) is 6.10 Å². The van der Waals surface area contributed by atoms with E-state index in [0.717, 1.165) is 30.6 Å². The van der Waals surface area contributed by atoms with Crippen molar-refractivity contribution in [3.63, 3.8) is 0 Å². The van der Waals surface area contributed by atoms with Crippen LogP contribution in [0.3, 0.4) is 0 Å². The van der Waals surface area contributed by atoms with E-state index >= 15 is 0 Å². The Morgan fingerprint density at radius 3 is 2.58 bits per heavy atom. The Morgan fingerprint density at radius 1 is 1.25 bits per heavy atom. The van der Waals surface area contributed by atoms with Crippen molar-refractivity contribution in [1.29, 1.82) is 0 Å². The van der Waals surface area contributed by atoms with Crippen molar-refractivity contribution in [1.82, 2.24) is 10.6 Å². The van der Waals surface area contributed by atoms with Gasteiger partial charge in [0.2, 0.25) is 0 Å². The average Bonchev–Trinajstić information content (AvgIpc) is 3.00. The summed E-state index contributed by atoms with van der Waals surface area (Å²) in [4.78, 5) is 37.2. The highest BCUT2D eigenvalue weighted by Crippen LogP contribution is 2.17. The summed E-state index contributed by atoms with van der Waals surface area (Å²) in [5, 5.41) is 5.42. The lowest BCUT2D eigenvalue weighted by Gasteiger charge is -2.24. The van der Waals surface area contributed by atoms with E-state index < -0.39 is 12.1 Å². The molecule has 0 saturated heterocycles. The molecular weight excluding hydrogens is 328 g/mol. The molecular formula is C17H24N2O4S. The summed E-state index contributed by atoms with van der Waals surface area (Å²) < 4.78 is 5.08. The monoisotopic (exact) mass is 352 g/mol. The molecule has 24 heavy (non-hydrogen) atoms. The highest BCUT2D eigenvalue weighted by Gasteiger charge is 2.22. The van der Waals surface area contributed by atoms with Crippen molar-refractivity contribution in [2.45, 2.75) is 58.1 Å². The first kappa shape index (κ1) is 18.4. The van der Waals surface area contributed by atoms with Gasteiger partial charge >= 0.3 is 5.97 Å². The van der Waals surface area contributed by atoms with Gasteiger partial charge in [0.05, 0.1) is 4.88 Å². The molecule has 1 aliphatic rings. The maximum atomic E-state index is 12.0. The molecule has 2 rings (SSSR count). The lowest BCUT2D eigenvalue weighted by Crippen LogP contribution is -2.43. The molecule has 0 radical (unpaired) electrons. The molecule has 1 aromatic heterocycles. The Balaban J connectivity index is 1.70. The van der Waals surface area contributed by atoms with Crippen molar-refractivity contribution in [2.24, 2.45) is 0 Å². The van der Waals surface area contributed by atoms with E-state index in [1.54, 1.807) is 13.0 Å². The van der Waals surface area contributed by atoms with Gasteiger partial charge in [-0.2, -0.15) is 0 Å². The number of esters is 1. The minimum absolute atomic E-state index is 0.175. The zero-order valence-corrected chi connectivity index (χ0v) is 14.9. The molecule has 0 spiro atoms. The van der Waals surface area contributed by atoms with Crippen molar-refractivity contribution in [2.75, 3.05) is 6.54 Å². The number of thiophene rings is 1. The van der Waals surface area contributed by atoms with Crippen molar-refractivity contribution in [3.05, 3.63) is 21.9 Å². The zero-order valence-electron chi connectivity index (χ0n) is 14.1. The van der Waals surface area contributed by atoms with E-state index in [-0.39, 0.29) is 24.4 Å². The molecule has 132 valence electrons. The van der Waals surface area contributed by atoms with E-state index in [4.69, 9.17) is 4.74 Å². The third kappa shape index (κ3) is 5.63. The number of hydrogen-bond donors (Lipinski definition) is 2. The van der Waals surface area contributed by atoms with Crippen LogP contribution in [0.1, 0.15) is 53.6 Å². The van der Waals surface area contributed by atoms with Crippen molar-refractivity contribution >= 4 is 29.1 Å². The molecule has 1 atom stereocenters. The number of aryl methyl sites for hydroxylation is 1. The van der Waals surface area contributed by atoms with Gasteiger partial charge in [-0.25, -0.2) is 0 Å². The Hall–Kier alpha value is -1.89. The van der Waals surface area contributed by atoms with Gasteiger partial charge in [-0.3, -0.25) is 14.4 Å². The molecule has 0 bridgehead atoms. The summed E-state index contributed by atoms with van der Waals surface area (Å²) in [5.74, 6) is -1.22. The first-order valence-electron chi connectivity index (χ1n) is 8.30. The third-order valence-corrected chi connectivity index (χ3v) is 4.99. The molecule has 7 heteroatoms. The maximum absolute atomic E-state index is 12.0. The van der Waals surface area contributed by atoms with Crippen LogP contribution in [0.4, 0.5) is 0 Å². The second-order valence-corrected chi connectivity index (χ2v) is 7.36. The van der Waals surface area contributed by atoms with Crippen LogP contribution in [0.5, 0.6) is 0 Å². The van der Waals surface area contributed by atoms with Crippen LogP contribution in [-0.2, 0) is 14.3 Å². The number of hydrogen-bond acceptors (Lipinski definition) is 5. The molecule has 2 N–H and O–H groups in total. The molecule has 1 saturated carbocycles. The van der Waals surface area contributed by atoms with Crippen molar-refractivity contribution in [3.8, 4) is 0 Å². The smallest absolute Gasteiger partial charge is 0.326 e. The van der Waals surface area contributed by atoms with Crippen LogP contribution in [0.25, 0.3) is 0 Å². The highest BCUT2D eigenvalue weighted by molar-refractivity contribution is 7.13. The quantitative estimate of drug-likeness (QED) is 0.769. The number of amides is 2. The van der Waals surface area contributed by atoms with E-state index in [0.29, 0.717) is 4.88 Å². The van der Waals surface area contributed by atoms with Gasteiger partial charge in [0.1, 0.15) is 6.54 Å². The fourth-order valence-corrected chi connectivity index (χ4v) is 3.44. The van der Waals surface area contributed by atoms with Gasteiger partial charge < -0.3 is 15.4 Å². The molecule has 1 aliphatic carbocycles. The van der Waals surface area contributed by atoms with Crippen LogP contribution in [-0.4, -0.2) is 36.5 Å². The predicted octanol–water partition coefficient (Wildman–Crippen LogP) is 2.17. The number of nitrogens with one attached hydrogen (secondary N) is 2. The SMILES string of the molecule is Cc1ccc(C(=O)NCC(=O)OC(C)C(=O)NC2CCCCC2)s1. The van der Waals surface area contributed by atoms with E-state index in [1.807, 2.05) is 13.0 Å². The van der Waals surface area contributed by atoms with Gasteiger partial charge in [-0.1, -0.05) is 19.3 Å². The molecule has 0 aromatic carbocycles. The van der Waals surface area contributed by atoms with Gasteiger partial charge in [-0.15, -0.1) is 11.3 Å². The first-order valence-corrected chi connectivity index (χ1v) is 9.12. The summed E-state index contributed by atoms with van der Waals surface area (Å²) in [6.45, 7) is 3.19. The lowest BCUT2D eigenvalue weighted by molar-refractivity contribution is -0.154. The Labute approximate surface area is 146 Å². The number of rotatable bonds is 6. The average molecular weight is 352 g/mol. The second kappa shape index (κ2) is 8.82. The zero-order chi connectivity index (χ0) is 17.5. The van der Waals surface area contributed by atoms with Crippen LogP contribution in [0, 0.1) is 6.92 Å². The lowest BCUT2D eigenvalue weighted by atomic mass is 9.95. The second-order valence-electron chi connectivity index (χ2n) is 6.07. The third-order valence-electron chi connectivity index (χ3n) is 3.99. The van der Waals surface area contributed by atoms with E-state index in [1.165, 1.54) is 17.8 Å². The standard InChI is InChI=1S/C17H24N2O4S/c1-11-8-9-14(24-11)17(22)18-10-15(20)23-12(2)16(21)19-13-6-4-3-5-7-13/h8-9,12-13H,3-7,10H2,1-2H3,(H,18,22)(H,19,21). The normalized spacial score (nSPS) is 16.2. The van der Waals surface area contributed by atoms with Gasteiger partial charge in [-0.05, 0) is 38.8 Å². The summed E-state index contributed by atoms with van der Waals surface area (Å²) in [5.41, 5.74) is 0. The highest BCUT2D eigenvalue weighted by atomic mass is 32.1. The Bertz CT molecular complexity index is 593. The fourth-order valence-electron chi connectivity index (χ4n) is 2.65. The van der Waals surface area contributed by atoms with Crippen LogP contribution >= 0.6 is 11.3 Å². The number of carbonyl (C=O) groups is 3. The molecule has 2 amide bonds. The Morgan fingerprint density at radius 2 is 1.96 bits per heavy atom. The molecule has 1 fully saturated rings. The molecule has 0 aliphatic heterocycles. The van der Waals surface area contributed by atoms with Crippen molar-refractivity contribution < 1.29 is 19.1 Å². The molecule has 1 heterocycles. The maximum Gasteiger partial charge on any atom is 0.326 e. The van der Waals surface area contributed by atoms with Gasteiger partial charge in [0.25, 0.3) is 11.8 Å². The summed E-state index contributed by atoms with van der Waals surface area (Å²) in [7, 11) is 0. The first-order chi connectivity index (χ1) is 11.5. The van der Waals surface area contributed by atoms with Crippen LogP contribution < -0.4 is 10.6 Å². The fraction of sp³-hybridized carbons (Fsp3) is 0.588. The molecule has 1 aromatic rings. The molecule has 1 unspecified atom stereocenters. The topological polar surface area (TPSA) is 84.5 Å². The van der Waals surface area contributed by atoms with E-state index in [9.17, 15) is 14.4 Å². The number of ether oxygens (including phenoxy) is 1. The van der Waals surface area contributed by atoms with E-state index in [2.05, 4.69) is 10.6 Å². The van der Waals surface area contributed by atoms with Gasteiger partial charge in [0, 0.05) is 10.9 Å². The van der Waals surface area contributed by atoms with Crippen LogP contribution in [0.2, 0.25) is 0 Å². The summed E-state index contributed by atoms with van der Waals surface area (Å²) in [6.07, 6.45) is 4.53. The minimum atomic E-state index is -0.861. The largest absolute Gasteiger partial charge is 0.451 e. The number of carbonyl (C=O) groups excluding carboxylic acids is 3.